The second kappa shape index (κ2) is 7.30. The molecule has 3 heterocycles. The fourth-order valence-electron chi connectivity index (χ4n) is 2.43. The molecule has 132 valence electrons. The van der Waals surface area contributed by atoms with E-state index in [1.807, 2.05) is 23.6 Å². The molecule has 0 spiro atoms. The highest BCUT2D eigenvalue weighted by Crippen LogP contribution is 2.24. The van der Waals surface area contributed by atoms with E-state index in [4.69, 9.17) is 0 Å². The van der Waals surface area contributed by atoms with Gasteiger partial charge < -0.3 is 0 Å². The van der Waals surface area contributed by atoms with Gasteiger partial charge in [0.15, 0.2) is 5.13 Å². The molecule has 0 atom stereocenters. The average Bonchev–Trinajstić information content (AvgIpc) is 3.18. The fraction of sp³-hybridized carbons (Fsp3) is 0. The van der Waals surface area contributed by atoms with Gasteiger partial charge in [-0.1, -0.05) is 18.2 Å². The molecule has 1 aromatic carbocycles. The molecule has 4 rings (SSSR count). The van der Waals surface area contributed by atoms with E-state index in [0.717, 1.165) is 11.3 Å². The maximum atomic E-state index is 12.5. The van der Waals surface area contributed by atoms with Gasteiger partial charge in [-0.15, -0.1) is 11.3 Å². The normalized spacial score (nSPS) is 10.5. The number of para-hydroxylation sites is 1. The third-order valence-electron chi connectivity index (χ3n) is 3.72. The Morgan fingerprint density at radius 2 is 1.89 bits per heavy atom. The monoisotopic (exact) mass is 375 g/mol. The highest BCUT2D eigenvalue weighted by atomic mass is 32.1. The smallest absolute Gasteiger partial charge is 0.277 e. The largest absolute Gasteiger partial charge is 0.296 e. The SMILES string of the molecule is O=C(Nc1nc(-c2cccnc2)cs1)c1ccc(=O)n(-c2ccccc2)n1. The summed E-state index contributed by atoms with van der Waals surface area (Å²) in [6.07, 6.45) is 3.39. The number of nitrogens with one attached hydrogen (secondary N) is 1. The van der Waals surface area contributed by atoms with Crippen LogP contribution in [0, 0.1) is 0 Å². The van der Waals surface area contributed by atoms with Crippen molar-refractivity contribution >= 4 is 22.4 Å². The number of aromatic nitrogens is 4. The van der Waals surface area contributed by atoms with Gasteiger partial charge in [0.1, 0.15) is 5.69 Å². The zero-order valence-corrected chi connectivity index (χ0v) is 14.8. The Labute approximate surface area is 158 Å². The molecule has 0 aliphatic carbocycles. The number of rotatable bonds is 4. The summed E-state index contributed by atoms with van der Waals surface area (Å²) < 4.78 is 1.19. The van der Waals surface area contributed by atoms with Crippen LogP contribution in [0.25, 0.3) is 16.9 Å². The number of amides is 1. The number of benzene rings is 1. The number of carbonyl (C=O) groups excluding carboxylic acids is 1. The number of thiazole rings is 1. The Hall–Kier alpha value is -3.65. The molecule has 0 saturated heterocycles. The number of anilines is 1. The van der Waals surface area contributed by atoms with Crippen LogP contribution in [0.2, 0.25) is 0 Å². The van der Waals surface area contributed by atoms with Crippen LogP contribution >= 0.6 is 11.3 Å². The van der Waals surface area contributed by atoms with Crippen molar-refractivity contribution in [3.8, 4) is 16.9 Å². The first-order valence-electron chi connectivity index (χ1n) is 8.04. The molecule has 3 aromatic heterocycles. The zero-order chi connectivity index (χ0) is 18.6. The van der Waals surface area contributed by atoms with Crippen molar-refractivity contribution in [2.75, 3.05) is 5.32 Å². The topological polar surface area (TPSA) is 89.8 Å². The van der Waals surface area contributed by atoms with Crippen LogP contribution < -0.4 is 10.9 Å². The molecule has 0 radical (unpaired) electrons. The third kappa shape index (κ3) is 3.65. The predicted octanol–water partition coefficient (Wildman–Crippen LogP) is 3.00. The maximum absolute atomic E-state index is 12.5. The van der Waals surface area contributed by atoms with Crippen LogP contribution in [0.4, 0.5) is 5.13 Å². The lowest BCUT2D eigenvalue weighted by Crippen LogP contribution is -2.24. The molecule has 0 aliphatic heterocycles. The lowest BCUT2D eigenvalue weighted by Gasteiger charge is -2.06. The first-order chi connectivity index (χ1) is 13.2. The van der Waals surface area contributed by atoms with Gasteiger partial charge in [0.05, 0.1) is 11.4 Å². The number of nitrogens with zero attached hydrogens (tertiary/aromatic N) is 4. The molecule has 1 amide bonds. The Morgan fingerprint density at radius 1 is 1.04 bits per heavy atom. The Kier molecular flexibility index (Phi) is 4.54. The first kappa shape index (κ1) is 16.8. The van der Waals surface area contributed by atoms with Crippen molar-refractivity contribution in [3.05, 3.63) is 88.4 Å². The molecule has 0 unspecified atom stereocenters. The highest BCUT2D eigenvalue weighted by Gasteiger charge is 2.13. The van der Waals surface area contributed by atoms with E-state index in [0.29, 0.717) is 10.8 Å². The zero-order valence-electron chi connectivity index (χ0n) is 13.9. The van der Waals surface area contributed by atoms with Crippen molar-refractivity contribution in [2.24, 2.45) is 0 Å². The van der Waals surface area contributed by atoms with Crippen molar-refractivity contribution in [1.29, 1.82) is 0 Å². The molecule has 0 fully saturated rings. The molecule has 27 heavy (non-hydrogen) atoms. The summed E-state index contributed by atoms with van der Waals surface area (Å²) in [4.78, 5) is 33.0. The summed E-state index contributed by atoms with van der Waals surface area (Å²) in [5.74, 6) is -0.438. The molecule has 0 aliphatic rings. The van der Waals surface area contributed by atoms with Gasteiger partial charge in [-0.2, -0.15) is 9.78 Å². The minimum Gasteiger partial charge on any atom is -0.296 e. The summed E-state index contributed by atoms with van der Waals surface area (Å²) in [6, 6.07) is 15.4. The molecule has 8 heteroatoms. The van der Waals surface area contributed by atoms with E-state index in [1.165, 1.54) is 28.2 Å². The lowest BCUT2D eigenvalue weighted by molar-refractivity contribution is 0.102. The highest BCUT2D eigenvalue weighted by molar-refractivity contribution is 7.14. The number of pyridine rings is 1. The lowest BCUT2D eigenvalue weighted by atomic mass is 10.2. The number of carbonyl (C=O) groups is 1. The standard InChI is InChI=1S/C19H13N5O2S/c25-17-9-8-15(23-24(17)14-6-2-1-3-7-14)18(26)22-19-21-16(12-27-19)13-5-4-10-20-11-13/h1-12H,(H,21,22,26). The van der Waals surface area contributed by atoms with Crippen molar-refractivity contribution in [2.45, 2.75) is 0 Å². The summed E-state index contributed by atoms with van der Waals surface area (Å²) in [6.45, 7) is 0. The third-order valence-corrected chi connectivity index (χ3v) is 4.47. The second-order valence-corrected chi connectivity index (χ2v) is 6.40. The minimum absolute atomic E-state index is 0.122. The van der Waals surface area contributed by atoms with Crippen LogP contribution in [0.3, 0.4) is 0 Å². The number of hydrogen-bond donors (Lipinski definition) is 1. The van der Waals surface area contributed by atoms with Gasteiger partial charge in [0.2, 0.25) is 0 Å². The van der Waals surface area contributed by atoms with Crippen molar-refractivity contribution in [3.63, 3.8) is 0 Å². The maximum Gasteiger partial charge on any atom is 0.277 e. The Morgan fingerprint density at radius 3 is 2.67 bits per heavy atom. The molecule has 4 aromatic rings. The fourth-order valence-corrected chi connectivity index (χ4v) is 3.14. The average molecular weight is 375 g/mol. The van der Waals surface area contributed by atoms with Crippen LogP contribution in [0.1, 0.15) is 10.5 Å². The number of hydrogen-bond acceptors (Lipinski definition) is 6. The van der Waals surface area contributed by atoms with Gasteiger partial charge >= 0.3 is 0 Å². The van der Waals surface area contributed by atoms with Gasteiger partial charge in [0, 0.05) is 29.4 Å². The summed E-state index contributed by atoms with van der Waals surface area (Å²) in [5.41, 5.74) is 1.99. The van der Waals surface area contributed by atoms with E-state index >= 15 is 0 Å². The van der Waals surface area contributed by atoms with Gasteiger partial charge in [0.25, 0.3) is 11.5 Å². The molecular formula is C19H13N5O2S. The molecule has 0 bridgehead atoms. The van der Waals surface area contributed by atoms with E-state index in [9.17, 15) is 9.59 Å². The quantitative estimate of drug-likeness (QED) is 0.592. The Bertz CT molecular complexity index is 1140. The van der Waals surface area contributed by atoms with E-state index in [2.05, 4.69) is 20.4 Å². The van der Waals surface area contributed by atoms with Crippen LogP contribution in [-0.4, -0.2) is 25.7 Å². The summed E-state index contributed by atoms with van der Waals surface area (Å²) in [5, 5.41) is 9.16. The minimum atomic E-state index is -0.438. The molecule has 7 nitrogen and oxygen atoms in total. The molecule has 0 saturated carbocycles. The first-order valence-corrected chi connectivity index (χ1v) is 8.92. The van der Waals surface area contributed by atoms with Gasteiger partial charge in [-0.3, -0.25) is 19.9 Å². The predicted molar refractivity (Wildman–Crippen MR) is 103 cm³/mol. The van der Waals surface area contributed by atoms with E-state index in [1.54, 1.807) is 36.7 Å². The van der Waals surface area contributed by atoms with Crippen LogP contribution in [0.5, 0.6) is 0 Å². The van der Waals surface area contributed by atoms with Crippen LogP contribution in [-0.2, 0) is 0 Å². The van der Waals surface area contributed by atoms with Crippen molar-refractivity contribution < 1.29 is 4.79 Å². The van der Waals surface area contributed by atoms with Gasteiger partial charge in [-0.05, 0) is 30.3 Å². The van der Waals surface area contributed by atoms with E-state index in [-0.39, 0.29) is 11.3 Å². The Balaban J connectivity index is 1.57. The molecule has 1 N–H and O–H groups in total. The van der Waals surface area contributed by atoms with Crippen molar-refractivity contribution in [1.82, 2.24) is 19.7 Å². The van der Waals surface area contributed by atoms with E-state index < -0.39 is 5.91 Å². The molecular weight excluding hydrogens is 362 g/mol. The second-order valence-electron chi connectivity index (χ2n) is 5.54. The van der Waals surface area contributed by atoms with Crippen LogP contribution in [0.15, 0.2) is 77.2 Å². The van der Waals surface area contributed by atoms with Gasteiger partial charge in [-0.25, -0.2) is 4.98 Å². The summed E-state index contributed by atoms with van der Waals surface area (Å²) >= 11 is 1.30. The summed E-state index contributed by atoms with van der Waals surface area (Å²) in [7, 11) is 0.